The molecule has 4 aromatic rings. The summed E-state index contributed by atoms with van der Waals surface area (Å²) in [5.74, 6) is -0.541. The summed E-state index contributed by atoms with van der Waals surface area (Å²) < 4.78 is 1.56. The first-order chi connectivity index (χ1) is 13.5. The zero-order chi connectivity index (χ0) is 19.7. The monoisotopic (exact) mass is 369 g/mol. The topological polar surface area (TPSA) is 64.0 Å². The van der Waals surface area contributed by atoms with E-state index in [1.165, 1.54) is 0 Å². The van der Waals surface area contributed by atoms with Crippen molar-refractivity contribution in [2.45, 2.75) is 13.8 Å². The van der Waals surface area contributed by atoms with Gasteiger partial charge in [0.25, 0.3) is 5.91 Å². The molecule has 1 heterocycles. The molecule has 0 aliphatic carbocycles. The number of imidazole rings is 1. The Morgan fingerprint density at radius 1 is 0.857 bits per heavy atom. The van der Waals surface area contributed by atoms with Gasteiger partial charge in [0, 0.05) is 11.1 Å². The first-order valence-corrected chi connectivity index (χ1v) is 8.99. The molecule has 0 fully saturated rings. The van der Waals surface area contributed by atoms with Gasteiger partial charge in [0.2, 0.25) is 0 Å². The number of nitrogens with one attached hydrogen (secondary N) is 1. The first kappa shape index (κ1) is 17.7. The van der Waals surface area contributed by atoms with Gasteiger partial charge in [-0.15, -0.1) is 0 Å². The highest BCUT2D eigenvalue weighted by molar-refractivity contribution is 6.16. The van der Waals surface area contributed by atoms with Crippen molar-refractivity contribution in [3.05, 3.63) is 101 Å². The number of carbonyl (C=O) groups excluding carboxylic acids is 2. The van der Waals surface area contributed by atoms with Gasteiger partial charge < -0.3 is 0 Å². The minimum atomic E-state index is -0.365. The van der Waals surface area contributed by atoms with Gasteiger partial charge in [0.05, 0.1) is 16.6 Å². The van der Waals surface area contributed by atoms with Crippen LogP contribution < -0.4 is 5.43 Å². The van der Waals surface area contributed by atoms with Crippen molar-refractivity contribution in [3.8, 4) is 0 Å². The van der Waals surface area contributed by atoms with E-state index in [-0.39, 0.29) is 11.7 Å². The maximum atomic E-state index is 13.1. The van der Waals surface area contributed by atoms with E-state index in [0.29, 0.717) is 16.7 Å². The molecule has 28 heavy (non-hydrogen) atoms. The number of aromatic nitrogens is 2. The summed E-state index contributed by atoms with van der Waals surface area (Å²) in [5.41, 5.74) is 7.79. The number of para-hydroxylation sites is 2. The van der Waals surface area contributed by atoms with Gasteiger partial charge in [0.15, 0.2) is 5.78 Å². The second kappa shape index (κ2) is 7.12. The molecule has 4 rings (SSSR count). The van der Waals surface area contributed by atoms with Crippen molar-refractivity contribution >= 4 is 22.7 Å². The maximum Gasteiger partial charge on any atom is 0.270 e. The molecule has 138 valence electrons. The number of hydrogen-bond acceptors (Lipinski definition) is 3. The van der Waals surface area contributed by atoms with Crippen LogP contribution in [0, 0.1) is 13.8 Å². The van der Waals surface area contributed by atoms with Gasteiger partial charge in [-0.05, 0) is 49.2 Å². The number of aryl methyl sites for hydroxylation is 2. The summed E-state index contributed by atoms with van der Waals surface area (Å²) in [7, 11) is 0. The fraction of sp³-hybridized carbons (Fsp3) is 0.0870. The summed E-state index contributed by atoms with van der Waals surface area (Å²) in [5, 5.41) is 0. The van der Waals surface area contributed by atoms with Gasteiger partial charge in [-0.1, -0.05) is 42.5 Å². The zero-order valence-corrected chi connectivity index (χ0v) is 15.6. The van der Waals surface area contributed by atoms with Crippen molar-refractivity contribution in [3.63, 3.8) is 0 Å². The van der Waals surface area contributed by atoms with Gasteiger partial charge >= 0.3 is 0 Å². The summed E-state index contributed by atoms with van der Waals surface area (Å²) in [6.07, 6.45) is 1.55. The standard InChI is InChI=1S/C23H19N3O2/c1-15-11-12-17(13-16(15)2)22(27)18-7-3-4-8-19(18)23(28)25-26-14-24-20-9-5-6-10-21(20)26/h3-14H,1-2H3,(H,25,28). The van der Waals surface area contributed by atoms with E-state index < -0.39 is 0 Å². The minimum Gasteiger partial charge on any atom is -0.289 e. The Kier molecular flexibility index (Phi) is 4.49. The summed E-state index contributed by atoms with van der Waals surface area (Å²) in [6.45, 7) is 3.97. The van der Waals surface area contributed by atoms with Gasteiger partial charge in [0.1, 0.15) is 6.33 Å². The molecule has 0 radical (unpaired) electrons. The maximum absolute atomic E-state index is 13.1. The number of carbonyl (C=O) groups is 2. The lowest BCUT2D eigenvalue weighted by Crippen LogP contribution is -2.24. The number of ketones is 1. The molecule has 0 saturated heterocycles. The Labute approximate surface area is 162 Å². The van der Waals surface area contributed by atoms with E-state index in [1.807, 2.05) is 50.2 Å². The molecule has 0 spiro atoms. The predicted octanol–water partition coefficient (Wildman–Crippen LogP) is 4.27. The van der Waals surface area contributed by atoms with Gasteiger partial charge in [-0.3, -0.25) is 15.0 Å². The Morgan fingerprint density at radius 3 is 2.36 bits per heavy atom. The van der Waals surface area contributed by atoms with Crippen LogP contribution in [0.25, 0.3) is 11.0 Å². The smallest absolute Gasteiger partial charge is 0.270 e. The third-order valence-corrected chi connectivity index (χ3v) is 4.86. The summed E-state index contributed by atoms with van der Waals surface area (Å²) in [6, 6.07) is 19.9. The summed E-state index contributed by atoms with van der Waals surface area (Å²) >= 11 is 0. The van der Waals surface area contributed by atoms with Crippen LogP contribution in [0.3, 0.4) is 0 Å². The van der Waals surface area contributed by atoms with Gasteiger partial charge in [-0.25, -0.2) is 9.66 Å². The highest BCUT2D eigenvalue weighted by Crippen LogP contribution is 2.18. The highest BCUT2D eigenvalue weighted by Gasteiger charge is 2.19. The Hall–Kier alpha value is -3.73. The van der Waals surface area contributed by atoms with E-state index in [9.17, 15) is 9.59 Å². The molecule has 5 nitrogen and oxygen atoms in total. The van der Waals surface area contributed by atoms with Crippen LogP contribution >= 0.6 is 0 Å². The van der Waals surface area contributed by atoms with Crippen molar-refractivity contribution < 1.29 is 9.59 Å². The molecule has 1 amide bonds. The van der Waals surface area contributed by atoms with E-state index in [1.54, 1.807) is 41.3 Å². The van der Waals surface area contributed by atoms with Crippen LogP contribution in [-0.2, 0) is 0 Å². The molecular weight excluding hydrogens is 350 g/mol. The van der Waals surface area contributed by atoms with Crippen molar-refractivity contribution in [2.24, 2.45) is 0 Å². The van der Waals surface area contributed by atoms with Crippen LogP contribution in [0.15, 0.2) is 73.1 Å². The lowest BCUT2D eigenvalue weighted by Gasteiger charge is -2.11. The van der Waals surface area contributed by atoms with Crippen molar-refractivity contribution in [2.75, 3.05) is 5.43 Å². The van der Waals surface area contributed by atoms with Crippen LogP contribution in [0.2, 0.25) is 0 Å². The summed E-state index contributed by atoms with van der Waals surface area (Å²) in [4.78, 5) is 30.2. The third kappa shape index (κ3) is 3.18. The fourth-order valence-corrected chi connectivity index (χ4v) is 3.14. The van der Waals surface area contributed by atoms with E-state index >= 15 is 0 Å². The number of hydrogen-bond donors (Lipinski definition) is 1. The van der Waals surface area contributed by atoms with Crippen molar-refractivity contribution in [1.29, 1.82) is 0 Å². The van der Waals surface area contributed by atoms with Gasteiger partial charge in [-0.2, -0.15) is 0 Å². The van der Waals surface area contributed by atoms with Crippen LogP contribution in [0.1, 0.15) is 37.4 Å². The van der Waals surface area contributed by atoms with Crippen LogP contribution in [0.4, 0.5) is 0 Å². The predicted molar refractivity (Wildman–Crippen MR) is 109 cm³/mol. The quantitative estimate of drug-likeness (QED) is 0.547. The normalized spacial score (nSPS) is 10.8. The number of rotatable bonds is 4. The molecule has 3 aromatic carbocycles. The molecule has 0 aliphatic rings. The SMILES string of the molecule is Cc1ccc(C(=O)c2ccccc2C(=O)Nn2cnc3ccccc32)cc1C. The molecule has 0 atom stereocenters. The number of nitrogens with zero attached hydrogens (tertiary/aromatic N) is 2. The molecular formula is C23H19N3O2. The Balaban J connectivity index is 1.68. The molecule has 0 unspecified atom stereocenters. The molecule has 1 N–H and O–H groups in total. The number of fused-ring (bicyclic) bond motifs is 1. The van der Waals surface area contributed by atoms with Crippen LogP contribution in [0.5, 0.6) is 0 Å². The highest BCUT2D eigenvalue weighted by atomic mass is 16.2. The van der Waals surface area contributed by atoms with Crippen LogP contribution in [-0.4, -0.2) is 21.4 Å². The second-order valence-corrected chi connectivity index (χ2v) is 6.72. The molecule has 5 heteroatoms. The van der Waals surface area contributed by atoms with E-state index in [4.69, 9.17) is 0 Å². The number of amides is 1. The Morgan fingerprint density at radius 2 is 1.57 bits per heavy atom. The molecule has 1 aromatic heterocycles. The largest absolute Gasteiger partial charge is 0.289 e. The third-order valence-electron chi connectivity index (χ3n) is 4.86. The lowest BCUT2D eigenvalue weighted by atomic mass is 9.96. The molecule has 0 saturated carbocycles. The average molecular weight is 369 g/mol. The average Bonchev–Trinajstić information content (AvgIpc) is 3.12. The second-order valence-electron chi connectivity index (χ2n) is 6.72. The lowest BCUT2D eigenvalue weighted by molar-refractivity contribution is 0.0987. The zero-order valence-electron chi connectivity index (χ0n) is 15.6. The number of benzene rings is 3. The molecule has 0 aliphatic heterocycles. The molecule has 0 bridgehead atoms. The van der Waals surface area contributed by atoms with E-state index in [2.05, 4.69) is 10.4 Å². The first-order valence-electron chi connectivity index (χ1n) is 8.99. The fourth-order valence-electron chi connectivity index (χ4n) is 3.14. The van der Waals surface area contributed by atoms with E-state index in [0.717, 1.165) is 22.2 Å². The Bertz CT molecular complexity index is 1210. The van der Waals surface area contributed by atoms with Crippen molar-refractivity contribution in [1.82, 2.24) is 9.66 Å². The minimum absolute atomic E-state index is 0.177.